The normalized spacial score (nSPS) is 15.7. The number of aliphatic imine (C=N–C) groups is 1. The summed E-state index contributed by atoms with van der Waals surface area (Å²) in [6, 6.07) is 7.88. The van der Waals surface area contributed by atoms with Gasteiger partial charge < -0.3 is 20.1 Å². The van der Waals surface area contributed by atoms with Crippen LogP contribution in [0.4, 0.5) is 0 Å². The molecule has 0 radical (unpaired) electrons. The van der Waals surface area contributed by atoms with Crippen molar-refractivity contribution in [2.45, 2.75) is 6.54 Å². The van der Waals surface area contributed by atoms with Crippen LogP contribution in [0.5, 0.6) is 5.75 Å². The molecule has 1 aliphatic heterocycles. The van der Waals surface area contributed by atoms with E-state index in [0.717, 1.165) is 35.1 Å². The molecule has 0 amide bonds. The topological polar surface area (TPSA) is 73.0 Å². The van der Waals surface area contributed by atoms with Gasteiger partial charge in [-0.05, 0) is 24.3 Å². The van der Waals surface area contributed by atoms with Crippen LogP contribution in [-0.2, 0) is 11.3 Å². The van der Waals surface area contributed by atoms with Crippen molar-refractivity contribution in [1.29, 1.82) is 0 Å². The number of hydrogen-bond acceptors (Lipinski definition) is 5. The van der Waals surface area contributed by atoms with Gasteiger partial charge in [-0.15, -0.1) is 11.3 Å². The van der Waals surface area contributed by atoms with Crippen molar-refractivity contribution in [3.05, 3.63) is 35.3 Å². The maximum absolute atomic E-state index is 6.03. The lowest BCUT2D eigenvalue weighted by molar-refractivity contribution is 0.0674. The van der Waals surface area contributed by atoms with Gasteiger partial charge >= 0.3 is 0 Å². The molecule has 0 aliphatic carbocycles. The Kier molecular flexibility index (Phi) is 5.09. The highest BCUT2D eigenvalue weighted by molar-refractivity contribution is 7.13. The third-order valence-corrected chi connectivity index (χ3v) is 4.57. The molecule has 1 aliphatic rings. The second-order valence-corrected chi connectivity index (χ2v) is 6.00. The van der Waals surface area contributed by atoms with Crippen molar-refractivity contribution >= 4 is 17.3 Å². The highest BCUT2D eigenvalue weighted by atomic mass is 32.1. The Hall–Kier alpha value is -2.12. The molecule has 3 rings (SSSR count). The third-order valence-electron chi connectivity index (χ3n) is 3.63. The summed E-state index contributed by atoms with van der Waals surface area (Å²) in [5.41, 5.74) is 8.03. The van der Waals surface area contributed by atoms with Crippen molar-refractivity contribution in [3.8, 4) is 16.3 Å². The summed E-state index contributed by atoms with van der Waals surface area (Å²) < 4.78 is 10.5. The molecule has 0 unspecified atom stereocenters. The zero-order chi connectivity index (χ0) is 16.1. The minimum absolute atomic E-state index is 0.496. The van der Waals surface area contributed by atoms with Crippen molar-refractivity contribution in [2.75, 3.05) is 33.4 Å². The highest BCUT2D eigenvalue weighted by Gasteiger charge is 2.12. The van der Waals surface area contributed by atoms with Gasteiger partial charge in [0.15, 0.2) is 5.96 Å². The van der Waals surface area contributed by atoms with E-state index in [4.69, 9.17) is 15.2 Å². The minimum Gasteiger partial charge on any atom is -0.497 e. The molecular formula is C16H20N4O2S. The van der Waals surface area contributed by atoms with Crippen LogP contribution >= 0.6 is 11.3 Å². The van der Waals surface area contributed by atoms with Gasteiger partial charge in [-0.25, -0.2) is 9.98 Å². The van der Waals surface area contributed by atoms with Crippen LogP contribution in [0.3, 0.4) is 0 Å². The molecule has 0 bridgehead atoms. The lowest BCUT2D eigenvalue weighted by atomic mass is 10.2. The van der Waals surface area contributed by atoms with Crippen LogP contribution in [0.2, 0.25) is 0 Å². The molecule has 6 nitrogen and oxygen atoms in total. The molecular weight excluding hydrogens is 312 g/mol. The van der Waals surface area contributed by atoms with Crippen LogP contribution in [0.1, 0.15) is 5.69 Å². The Labute approximate surface area is 139 Å². The van der Waals surface area contributed by atoms with E-state index in [0.29, 0.717) is 25.7 Å². The van der Waals surface area contributed by atoms with Gasteiger partial charge in [-0.2, -0.15) is 0 Å². The van der Waals surface area contributed by atoms with Crippen LogP contribution in [0.25, 0.3) is 10.6 Å². The van der Waals surface area contributed by atoms with Gasteiger partial charge in [0.2, 0.25) is 0 Å². The Morgan fingerprint density at radius 2 is 2.09 bits per heavy atom. The molecule has 0 atom stereocenters. The Bertz CT molecular complexity index is 663. The van der Waals surface area contributed by atoms with Crippen LogP contribution in [0, 0.1) is 0 Å². The molecule has 0 saturated carbocycles. The van der Waals surface area contributed by atoms with E-state index in [1.807, 2.05) is 34.5 Å². The second kappa shape index (κ2) is 7.43. The Balaban J connectivity index is 1.64. The maximum atomic E-state index is 6.03. The number of methoxy groups -OCH3 is 1. The van der Waals surface area contributed by atoms with Crippen molar-refractivity contribution < 1.29 is 9.47 Å². The lowest BCUT2D eigenvalue weighted by Gasteiger charge is -2.27. The van der Waals surface area contributed by atoms with Crippen LogP contribution < -0.4 is 10.5 Å². The van der Waals surface area contributed by atoms with E-state index in [1.165, 1.54) is 0 Å². The van der Waals surface area contributed by atoms with E-state index in [1.54, 1.807) is 18.4 Å². The van der Waals surface area contributed by atoms with Gasteiger partial charge in [-0.3, -0.25) is 0 Å². The maximum Gasteiger partial charge on any atom is 0.191 e. The molecule has 1 saturated heterocycles. The highest BCUT2D eigenvalue weighted by Crippen LogP contribution is 2.25. The zero-order valence-electron chi connectivity index (χ0n) is 13.1. The van der Waals surface area contributed by atoms with E-state index in [2.05, 4.69) is 9.98 Å². The van der Waals surface area contributed by atoms with E-state index in [9.17, 15) is 0 Å². The summed E-state index contributed by atoms with van der Waals surface area (Å²) in [6.07, 6.45) is 0. The number of benzene rings is 1. The molecule has 1 aromatic carbocycles. The average molecular weight is 332 g/mol. The van der Waals surface area contributed by atoms with Crippen molar-refractivity contribution in [3.63, 3.8) is 0 Å². The smallest absolute Gasteiger partial charge is 0.191 e. The molecule has 122 valence electrons. The number of rotatable bonds is 4. The monoisotopic (exact) mass is 332 g/mol. The van der Waals surface area contributed by atoms with Gasteiger partial charge in [0, 0.05) is 24.0 Å². The van der Waals surface area contributed by atoms with Crippen molar-refractivity contribution in [2.24, 2.45) is 10.7 Å². The molecule has 7 heteroatoms. The average Bonchev–Trinajstić information content (AvgIpc) is 3.09. The Morgan fingerprint density at radius 1 is 1.35 bits per heavy atom. The second-order valence-electron chi connectivity index (χ2n) is 5.15. The van der Waals surface area contributed by atoms with Gasteiger partial charge in [0.25, 0.3) is 0 Å². The molecule has 2 aromatic rings. The predicted molar refractivity (Wildman–Crippen MR) is 91.8 cm³/mol. The molecule has 2 N–H and O–H groups in total. The number of thiazole rings is 1. The third kappa shape index (κ3) is 4.00. The quantitative estimate of drug-likeness (QED) is 0.684. The van der Waals surface area contributed by atoms with Gasteiger partial charge in [0.1, 0.15) is 10.8 Å². The zero-order valence-corrected chi connectivity index (χ0v) is 13.9. The largest absolute Gasteiger partial charge is 0.497 e. The fourth-order valence-corrected chi connectivity index (χ4v) is 3.12. The number of nitrogens with two attached hydrogens (primary N) is 1. The SMILES string of the molecule is COc1ccc(-c2nc(CN=C(N)N3CCOCC3)cs2)cc1. The first-order valence-corrected chi connectivity index (χ1v) is 8.35. The van der Waals surface area contributed by atoms with Gasteiger partial charge in [0.05, 0.1) is 32.6 Å². The predicted octanol–water partition coefficient (Wildman–Crippen LogP) is 1.97. The summed E-state index contributed by atoms with van der Waals surface area (Å²) in [5, 5.41) is 3.00. The Morgan fingerprint density at radius 3 is 2.78 bits per heavy atom. The summed E-state index contributed by atoms with van der Waals surface area (Å²) in [4.78, 5) is 11.1. The minimum atomic E-state index is 0.496. The lowest BCUT2D eigenvalue weighted by Crippen LogP contribution is -2.44. The summed E-state index contributed by atoms with van der Waals surface area (Å²) in [5.74, 6) is 1.40. The number of aromatic nitrogens is 1. The van der Waals surface area contributed by atoms with E-state index >= 15 is 0 Å². The van der Waals surface area contributed by atoms with Crippen LogP contribution in [0.15, 0.2) is 34.6 Å². The summed E-state index contributed by atoms with van der Waals surface area (Å²) >= 11 is 1.61. The first kappa shape index (κ1) is 15.8. The van der Waals surface area contributed by atoms with Crippen molar-refractivity contribution in [1.82, 2.24) is 9.88 Å². The molecule has 0 spiro atoms. The standard InChI is InChI=1S/C16H20N4O2S/c1-21-14-4-2-12(3-5-14)15-19-13(11-23-15)10-18-16(17)20-6-8-22-9-7-20/h2-5,11H,6-10H2,1H3,(H2,17,18). The van der Waals surface area contributed by atoms with Crippen LogP contribution in [-0.4, -0.2) is 49.3 Å². The fraction of sp³-hybridized carbons (Fsp3) is 0.375. The number of ether oxygens (including phenoxy) is 2. The molecule has 1 aromatic heterocycles. The number of morpholine rings is 1. The number of nitrogens with zero attached hydrogens (tertiary/aromatic N) is 3. The first-order chi connectivity index (χ1) is 11.3. The summed E-state index contributed by atoms with van der Waals surface area (Å²) in [6.45, 7) is 3.49. The first-order valence-electron chi connectivity index (χ1n) is 7.47. The van der Waals surface area contributed by atoms with E-state index < -0.39 is 0 Å². The number of hydrogen-bond donors (Lipinski definition) is 1. The molecule has 1 fully saturated rings. The molecule has 23 heavy (non-hydrogen) atoms. The van der Waals surface area contributed by atoms with Gasteiger partial charge in [-0.1, -0.05) is 0 Å². The number of guanidine groups is 1. The fourth-order valence-electron chi connectivity index (χ4n) is 2.30. The van der Waals surface area contributed by atoms with E-state index in [-0.39, 0.29) is 0 Å². The molecule has 2 heterocycles. The summed E-state index contributed by atoms with van der Waals surface area (Å²) in [7, 11) is 1.66.